The molecule has 1 aliphatic heterocycles. The van der Waals surface area contributed by atoms with Crippen LogP contribution in [0.15, 0.2) is 12.1 Å². The molecule has 0 saturated carbocycles. The Kier molecular flexibility index (Phi) is 3.40. The lowest BCUT2D eigenvalue weighted by Crippen LogP contribution is -2.47. The van der Waals surface area contributed by atoms with Gasteiger partial charge in [-0.25, -0.2) is 0 Å². The monoisotopic (exact) mass is 236 g/mol. The van der Waals surface area contributed by atoms with Gasteiger partial charge in [-0.05, 0) is 37.0 Å². The van der Waals surface area contributed by atoms with Crippen molar-refractivity contribution in [3.05, 3.63) is 28.8 Å². The quantitative estimate of drug-likeness (QED) is 0.868. The summed E-state index contributed by atoms with van der Waals surface area (Å²) in [6.07, 6.45) is 0.762. The average Bonchev–Trinajstić information content (AvgIpc) is 2.23. The summed E-state index contributed by atoms with van der Waals surface area (Å²) in [6, 6.07) is 4.31. The van der Waals surface area contributed by atoms with Crippen LogP contribution in [0.3, 0.4) is 0 Å². The second-order valence-corrected chi connectivity index (χ2v) is 4.89. The number of aliphatic hydroxyl groups is 1. The Morgan fingerprint density at radius 2 is 1.88 bits per heavy atom. The number of ether oxygens (including phenoxy) is 2. The topological polar surface area (TPSA) is 38.7 Å². The molecule has 1 aromatic rings. The highest BCUT2D eigenvalue weighted by molar-refractivity contribution is 5.46. The Morgan fingerprint density at radius 1 is 1.29 bits per heavy atom. The molecule has 0 unspecified atom stereocenters. The molecule has 0 bridgehead atoms. The summed E-state index contributed by atoms with van der Waals surface area (Å²) < 4.78 is 10.7. The summed E-state index contributed by atoms with van der Waals surface area (Å²) in [5.41, 5.74) is 3.56. The van der Waals surface area contributed by atoms with Crippen LogP contribution in [-0.4, -0.2) is 32.0 Å². The smallest absolute Gasteiger partial charge is 0.124 e. The normalized spacial score (nSPS) is 17.6. The van der Waals surface area contributed by atoms with E-state index in [2.05, 4.69) is 26.0 Å². The van der Waals surface area contributed by atoms with Crippen molar-refractivity contribution in [2.24, 2.45) is 0 Å². The molecule has 0 aliphatic carbocycles. The first kappa shape index (κ1) is 12.4. The maximum atomic E-state index is 9.19. The maximum absolute atomic E-state index is 9.19. The average molecular weight is 236 g/mol. The SMILES string of the molecule is COc1c(C)cc(C2(CCO)COC2)cc1C. The molecule has 94 valence electrons. The Labute approximate surface area is 102 Å². The van der Waals surface area contributed by atoms with Gasteiger partial charge in [0, 0.05) is 12.0 Å². The van der Waals surface area contributed by atoms with Gasteiger partial charge in [-0.3, -0.25) is 0 Å². The number of aliphatic hydroxyl groups excluding tert-OH is 1. The van der Waals surface area contributed by atoms with Gasteiger partial charge >= 0.3 is 0 Å². The highest BCUT2D eigenvalue weighted by atomic mass is 16.5. The molecule has 0 spiro atoms. The maximum Gasteiger partial charge on any atom is 0.124 e. The van der Waals surface area contributed by atoms with Gasteiger partial charge in [-0.2, -0.15) is 0 Å². The zero-order valence-electron chi connectivity index (χ0n) is 10.7. The molecular weight excluding hydrogens is 216 g/mol. The van der Waals surface area contributed by atoms with E-state index in [-0.39, 0.29) is 12.0 Å². The minimum absolute atomic E-state index is 0.0105. The number of methoxy groups -OCH3 is 1. The first-order chi connectivity index (χ1) is 8.13. The number of hydrogen-bond donors (Lipinski definition) is 1. The fourth-order valence-corrected chi connectivity index (χ4v) is 2.60. The molecule has 0 aromatic heterocycles. The molecule has 0 amide bonds. The van der Waals surface area contributed by atoms with Crippen LogP contribution in [0.2, 0.25) is 0 Å². The van der Waals surface area contributed by atoms with Crippen LogP contribution in [0.4, 0.5) is 0 Å². The van der Waals surface area contributed by atoms with Crippen molar-refractivity contribution in [1.82, 2.24) is 0 Å². The zero-order chi connectivity index (χ0) is 12.5. The van der Waals surface area contributed by atoms with Crippen molar-refractivity contribution >= 4 is 0 Å². The minimum atomic E-state index is 0.0105. The van der Waals surface area contributed by atoms with Crippen molar-refractivity contribution in [1.29, 1.82) is 0 Å². The zero-order valence-corrected chi connectivity index (χ0v) is 10.7. The van der Waals surface area contributed by atoms with E-state index < -0.39 is 0 Å². The van der Waals surface area contributed by atoms with E-state index in [1.165, 1.54) is 5.56 Å². The van der Waals surface area contributed by atoms with Crippen LogP contribution in [0.5, 0.6) is 5.75 Å². The molecule has 0 atom stereocenters. The Balaban J connectivity index is 2.39. The molecule has 3 heteroatoms. The molecule has 1 N–H and O–H groups in total. The van der Waals surface area contributed by atoms with E-state index >= 15 is 0 Å². The van der Waals surface area contributed by atoms with E-state index in [1.54, 1.807) is 7.11 Å². The summed E-state index contributed by atoms with van der Waals surface area (Å²) in [7, 11) is 1.70. The predicted octanol–water partition coefficient (Wildman–Crippen LogP) is 1.96. The second kappa shape index (κ2) is 4.67. The summed E-state index contributed by atoms with van der Waals surface area (Å²) in [5.74, 6) is 0.952. The highest BCUT2D eigenvalue weighted by Gasteiger charge is 2.40. The number of rotatable bonds is 4. The third-order valence-corrected chi connectivity index (χ3v) is 3.62. The third kappa shape index (κ3) is 2.05. The molecule has 1 heterocycles. The van der Waals surface area contributed by atoms with Crippen LogP contribution in [0.25, 0.3) is 0 Å². The summed E-state index contributed by atoms with van der Waals surface area (Å²) in [5, 5.41) is 9.19. The summed E-state index contributed by atoms with van der Waals surface area (Å²) >= 11 is 0. The van der Waals surface area contributed by atoms with E-state index in [0.717, 1.165) is 23.3 Å². The largest absolute Gasteiger partial charge is 0.496 e. The standard InChI is InChI=1S/C14H20O3/c1-10-6-12(7-11(2)13(10)16-3)14(4-5-15)8-17-9-14/h6-7,15H,4-5,8-9H2,1-3H3. The molecule has 1 aromatic carbocycles. The van der Waals surface area contributed by atoms with Gasteiger partial charge in [0.1, 0.15) is 5.75 Å². The molecular formula is C14H20O3. The van der Waals surface area contributed by atoms with Gasteiger partial charge in [0.05, 0.1) is 20.3 Å². The summed E-state index contributed by atoms with van der Waals surface area (Å²) in [4.78, 5) is 0. The third-order valence-electron chi connectivity index (χ3n) is 3.62. The lowest BCUT2D eigenvalue weighted by Gasteiger charge is -2.42. The Morgan fingerprint density at radius 3 is 2.24 bits per heavy atom. The van der Waals surface area contributed by atoms with E-state index in [4.69, 9.17) is 9.47 Å². The van der Waals surface area contributed by atoms with Gasteiger partial charge in [0.25, 0.3) is 0 Å². The van der Waals surface area contributed by atoms with Crippen LogP contribution >= 0.6 is 0 Å². The van der Waals surface area contributed by atoms with Crippen LogP contribution in [-0.2, 0) is 10.2 Å². The summed E-state index contributed by atoms with van der Waals surface area (Å²) in [6.45, 7) is 5.73. The van der Waals surface area contributed by atoms with Crippen molar-refractivity contribution < 1.29 is 14.6 Å². The van der Waals surface area contributed by atoms with Gasteiger partial charge in [0.15, 0.2) is 0 Å². The second-order valence-electron chi connectivity index (χ2n) is 4.89. The number of benzene rings is 1. The van der Waals surface area contributed by atoms with Gasteiger partial charge in [-0.1, -0.05) is 12.1 Å². The Hall–Kier alpha value is -1.06. The van der Waals surface area contributed by atoms with Gasteiger partial charge in [0.2, 0.25) is 0 Å². The molecule has 1 saturated heterocycles. The van der Waals surface area contributed by atoms with E-state index in [1.807, 2.05) is 0 Å². The fourth-order valence-electron chi connectivity index (χ4n) is 2.60. The first-order valence-corrected chi connectivity index (χ1v) is 5.97. The minimum Gasteiger partial charge on any atom is -0.496 e. The van der Waals surface area contributed by atoms with Crippen LogP contribution < -0.4 is 4.74 Å². The van der Waals surface area contributed by atoms with Crippen molar-refractivity contribution in [3.63, 3.8) is 0 Å². The molecule has 3 nitrogen and oxygen atoms in total. The molecule has 0 radical (unpaired) electrons. The number of aryl methyl sites for hydroxylation is 2. The molecule has 2 rings (SSSR count). The van der Waals surface area contributed by atoms with E-state index in [9.17, 15) is 5.11 Å². The fraction of sp³-hybridized carbons (Fsp3) is 0.571. The van der Waals surface area contributed by atoms with Gasteiger partial charge < -0.3 is 14.6 Å². The molecule has 17 heavy (non-hydrogen) atoms. The highest BCUT2D eigenvalue weighted by Crippen LogP contribution is 2.38. The Bertz CT molecular complexity index is 385. The lowest BCUT2D eigenvalue weighted by atomic mass is 9.75. The van der Waals surface area contributed by atoms with Crippen molar-refractivity contribution in [3.8, 4) is 5.75 Å². The van der Waals surface area contributed by atoms with Crippen molar-refractivity contribution in [2.45, 2.75) is 25.7 Å². The predicted molar refractivity (Wildman–Crippen MR) is 66.7 cm³/mol. The molecule has 1 fully saturated rings. The number of hydrogen-bond acceptors (Lipinski definition) is 3. The van der Waals surface area contributed by atoms with Gasteiger partial charge in [-0.15, -0.1) is 0 Å². The first-order valence-electron chi connectivity index (χ1n) is 5.97. The molecule has 1 aliphatic rings. The van der Waals surface area contributed by atoms with E-state index in [0.29, 0.717) is 13.2 Å². The van der Waals surface area contributed by atoms with Crippen molar-refractivity contribution in [2.75, 3.05) is 26.9 Å². The van der Waals surface area contributed by atoms with Crippen LogP contribution in [0, 0.1) is 13.8 Å². The lowest BCUT2D eigenvalue weighted by molar-refractivity contribution is -0.0701. The van der Waals surface area contributed by atoms with Crippen LogP contribution in [0.1, 0.15) is 23.1 Å².